The van der Waals surface area contributed by atoms with E-state index in [1.807, 2.05) is 0 Å². The number of ether oxygens (including phenoxy) is 2. The molecule has 84 valence electrons. The van der Waals surface area contributed by atoms with Crippen LogP contribution in [0.3, 0.4) is 0 Å². The van der Waals surface area contributed by atoms with E-state index in [2.05, 4.69) is 19.3 Å². The van der Waals surface area contributed by atoms with Crippen molar-refractivity contribution >= 4 is 0 Å². The molecule has 14 heavy (non-hydrogen) atoms. The second kappa shape index (κ2) is 5.07. The molecule has 1 aliphatic heterocycles. The summed E-state index contributed by atoms with van der Waals surface area (Å²) in [5.41, 5.74) is 2.75. The minimum atomic E-state index is -0.125. The first-order valence-corrected chi connectivity index (χ1v) is 5.18. The summed E-state index contributed by atoms with van der Waals surface area (Å²) in [6, 6.07) is 0.285. The van der Waals surface area contributed by atoms with E-state index in [9.17, 15) is 0 Å². The summed E-state index contributed by atoms with van der Waals surface area (Å²) in [6.45, 7) is 5.82. The van der Waals surface area contributed by atoms with Crippen LogP contribution < -0.4 is 11.3 Å². The van der Waals surface area contributed by atoms with Gasteiger partial charge in [0.2, 0.25) is 0 Å². The molecular weight excluding hydrogens is 180 g/mol. The third-order valence-corrected chi connectivity index (χ3v) is 3.01. The highest BCUT2D eigenvalue weighted by molar-refractivity contribution is 4.84. The lowest BCUT2D eigenvalue weighted by atomic mass is 9.89. The minimum Gasteiger partial charge on any atom is -0.381 e. The number of methoxy groups -OCH3 is 1. The maximum absolute atomic E-state index is 5.55. The number of hydrogen-bond acceptors (Lipinski definition) is 4. The zero-order valence-electron chi connectivity index (χ0n) is 9.38. The molecule has 4 heteroatoms. The van der Waals surface area contributed by atoms with Crippen LogP contribution in [0.4, 0.5) is 0 Å². The van der Waals surface area contributed by atoms with E-state index in [1.54, 1.807) is 7.11 Å². The topological polar surface area (TPSA) is 56.5 Å². The molecule has 2 atom stereocenters. The van der Waals surface area contributed by atoms with E-state index in [0.717, 1.165) is 26.1 Å². The first kappa shape index (κ1) is 11.9. The lowest BCUT2D eigenvalue weighted by molar-refractivity contribution is 0.000883. The largest absolute Gasteiger partial charge is 0.381 e. The molecule has 2 unspecified atom stereocenters. The molecule has 0 aromatic rings. The van der Waals surface area contributed by atoms with Gasteiger partial charge in [-0.05, 0) is 26.7 Å². The summed E-state index contributed by atoms with van der Waals surface area (Å²) in [4.78, 5) is 0. The lowest BCUT2D eigenvalue weighted by Gasteiger charge is -2.30. The third kappa shape index (κ3) is 3.20. The Bertz CT molecular complexity index is 168. The van der Waals surface area contributed by atoms with Crippen molar-refractivity contribution in [1.82, 2.24) is 5.43 Å². The van der Waals surface area contributed by atoms with Gasteiger partial charge in [-0.2, -0.15) is 0 Å². The summed E-state index contributed by atoms with van der Waals surface area (Å²) in [6.07, 6.45) is 2.00. The average Bonchev–Trinajstić information content (AvgIpc) is 2.67. The van der Waals surface area contributed by atoms with Crippen molar-refractivity contribution in [2.24, 2.45) is 11.8 Å². The second-order valence-corrected chi connectivity index (χ2v) is 4.56. The van der Waals surface area contributed by atoms with Crippen molar-refractivity contribution in [3.8, 4) is 0 Å². The van der Waals surface area contributed by atoms with Gasteiger partial charge in [-0.3, -0.25) is 11.3 Å². The summed E-state index contributed by atoms with van der Waals surface area (Å²) < 4.78 is 10.7. The Morgan fingerprint density at radius 3 is 2.79 bits per heavy atom. The Morgan fingerprint density at radius 2 is 2.36 bits per heavy atom. The van der Waals surface area contributed by atoms with Crippen LogP contribution in [0.15, 0.2) is 0 Å². The molecule has 1 rings (SSSR count). The summed E-state index contributed by atoms with van der Waals surface area (Å²) >= 11 is 0. The maximum atomic E-state index is 5.55. The normalized spacial score (nSPS) is 25.3. The summed E-state index contributed by atoms with van der Waals surface area (Å²) in [5.74, 6) is 6.08. The van der Waals surface area contributed by atoms with E-state index in [0.29, 0.717) is 5.92 Å². The van der Waals surface area contributed by atoms with Crippen molar-refractivity contribution in [3.05, 3.63) is 0 Å². The highest BCUT2D eigenvalue weighted by Crippen LogP contribution is 2.24. The predicted molar refractivity (Wildman–Crippen MR) is 55.7 cm³/mol. The minimum absolute atomic E-state index is 0.125. The molecule has 0 saturated carbocycles. The molecule has 1 aliphatic rings. The third-order valence-electron chi connectivity index (χ3n) is 3.01. The molecular formula is C10H22N2O2. The van der Waals surface area contributed by atoms with Crippen molar-refractivity contribution in [3.63, 3.8) is 0 Å². The molecule has 1 saturated heterocycles. The number of rotatable bonds is 5. The smallest absolute Gasteiger partial charge is 0.0638 e. The van der Waals surface area contributed by atoms with Gasteiger partial charge in [0.15, 0.2) is 0 Å². The zero-order chi connectivity index (χ0) is 10.6. The fourth-order valence-electron chi connectivity index (χ4n) is 1.84. The molecule has 1 fully saturated rings. The van der Waals surface area contributed by atoms with Gasteiger partial charge in [0.1, 0.15) is 0 Å². The van der Waals surface area contributed by atoms with Gasteiger partial charge in [-0.15, -0.1) is 0 Å². The Balaban J connectivity index is 2.45. The maximum Gasteiger partial charge on any atom is 0.0638 e. The lowest BCUT2D eigenvalue weighted by Crippen LogP contribution is -2.46. The van der Waals surface area contributed by atoms with Gasteiger partial charge < -0.3 is 9.47 Å². The van der Waals surface area contributed by atoms with Gasteiger partial charge in [-0.25, -0.2) is 0 Å². The predicted octanol–water partition coefficient (Wildman–Crippen LogP) is 0.670. The van der Waals surface area contributed by atoms with Crippen LogP contribution in [0.2, 0.25) is 0 Å². The number of hydrogen-bond donors (Lipinski definition) is 2. The van der Waals surface area contributed by atoms with Crippen molar-refractivity contribution in [1.29, 1.82) is 0 Å². The molecule has 3 N–H and O–H groups in total. The van der Waals surface area contributed by atoms with E-state index in [4.69, 9.17) is 15.3 Å². The molecule has 0 aromatic carbocycles. The number of nitrogens with two attached hydrogens (primary N) is 1. The standard InChI is InChI=1S/C10H22N2O2/c1-10(2,13-3)6-9(12-11)8-4-5-14-7-8/h8-9,12H,4-7,11H2,1-3H3. The van der Waals surface area contributed by atoms with Crippen LogP contribution >= 0.6 is 0 Å². The van der Waals surface area contributed by atoms with Gasteiger partial charge in [0.25, 0.3) is 0 Å². The van der Waals surface area contributed by atoms with Gasteiger partial charge in [0, 0.05) is 25.7 Å². The Morgan fingerprint density at radius 1 is 1.64 bits per heavy atom. The van der Waals surface area contributed by atoms with Crippen LogP contribution in [0.25, 0.3) is 0 Å². The molecule has 0 spiro atoms. The van der Waals surface area contributed by atoms with Crippen LogP contribution in [0, 0.1) is 5.92 Å². The Hall–Kier alpha value is -0.160. The highest BCUT2D eigenvalue weighted by Gasteiger charge is 2.30. The molecule has 1 heterocycles. The van der Waals surface area contributed by atoms with Crippen LogP contribution in [0.1, 0.15) is 26.7 Å². The van der Waals surface area contributed by atoms with Crippen molar-refractivity contribution in [2.75, 3.05) is 20.3 Å². The van der Waals surface area contributed by atoms with Crippen LogP contribution in [0.5, 0.6) is 0 Å². The first-order valence-electron chi connectivity index (χ1n) is 5.18. The fraction of sp³-hybridized carbons (Fsp3) is 1.00. The SMILES string of the molecule is COC(C)(C)CC(NN)C1CCOC1. The molecule has 0 radical (unpaired) electrons. The zero-order valence-corrected chi connectivity index (χ0v) is 9.38. The average molecular weight is 202 g/mol. The number of nitrogens with one attached hydrogen (secondary N) is 1. The second-order valence-electron chi connectivity index (χ2n) is 4.56. The van der Waals surface area contributed by atoms with E-state index in [-0.39, 0.29) is 11.6 Å². The first-order chi connectivity index (χ1) is 6.59. The van der Waals surface area contributed by atoms with Crippen molar-refractivity contribution in [2.45, 2.75) is 38.3 Å². The number of hydrazine groups is 1. The molecule has 0 amide bonds. The fourth-order valence-corrected chi connectivity index (χ4v) is 1.84. The van der Waals surface area contributed by atoms with Crippen LogP contribution in [-0.2, 0) is 9.47 Å². The summed E-state index contributed by atoms with van der Waals surface area (Å²) in [7, 11) is 1.73. The van der Waals surface area contributed by atoms with E-state index >= 15 is 0 Å². The van der Waals surface area contributed by atoms with E-state index in [1.165, 1.54) is 0 Å². The summed E-state index contributed by atoms with van der Waals surface area (Å²) in [5, 5.41) is 0. The van der Waals surface area contributed by atoms with Crippen LogP contribution in [-0.4, -0.2) is 32.0 Å². The Labute approximate surface area is 86.1 Å². The highest BCUT2D eigenvalue weighted by atomic mass is 16.5. The van der Waals surface area contributed by atoms with Crippen molar-refractivity contribution < 1.29 is 9.47 Å². The molecule has 4 nitrogen and oxygen atoms in total. The molecule has 0 aliphatic carbocycles. The van der Waals surface area contributed by atoms with Gasteiger partial charge >= 0.3 is 0 Å². The molecule has 0 aromatic heterocycles. The quantitative estimate of drug-likeness (QED) is 0.508. The Kier molecular flexibility index (Phi) is 4.31. The molecule has 0 bridgehead atoms. The monoisotopic (exact) mass is 202 g/mol. The van der Waals surface area contributed by atoms with Gasteiger partial charge in [-0.1, -0.05) is 0 Å². The van der Waals surface area contributed by atoms with E-state index < -0.39 is 0 Å². The van der Waals surface area contributed by atoms with Gasteiger partial charge in [0.05, 0.1) is 12.2 Å².